The second kappa shape index (κ2) is 7.42. The Morgan fingerprint density at radius 3 is 2.46 bits per heavy atom. The third-order valence-electron chi connectivity index (χ3n) is 3.21. The summed E-state index contributed by atoms with van der Waals surface area (Å²) in [5.41, 5.74) is 1.19. The highest BCUT2D eigenvalue weighted by atomic mass is 19.3. The summed E-state index contributed by atoms with van der Waals surface area (Å²) in [4.78, 5) is 22.9. The van der Waals surface area contributed by atoms with Gasteiger partial charge in [-0.25, -0.2) is 15.0 Å². The molecule has 0 aliphatic rings. The van der Waals surface area contributed by atoms with E-state index in [1.54, 1.807) is 6.92 Å². The van der Waals surface area contributed by atoms with Crippen LogP contribution in [0.1, 0.15) is 32.3 Å². The number of carbonyl (C=O) groups excluding carboxylic acids is 1. The Morgan fingerprint density at radius 2 is 1.92 bits per heavy atom. The number of carbonyl (C=O) groups is 1. The summed E-state index contributed by atoms with van der Waals surface area (Å²) in [6.07, 6.45) is 1.39. The smallest absolute Gasteiger partial charge is 0.303 e. The molecule has 0 atom stereocenters. The number of nitrogens with zero attached hydrogens (tertiary/aromatic N) is 3. The maximum Gasteiger partial charge on any atom is 0.303 e. The van der Waals surface area contributed by atoms with Crippen molar-refractivity contribution in [3.05, 3.63) is 36.4 Å². The highest BCUT2D eigenvalue weighted by Crippen LogP contribution is 2.31. The van der Waals surface area contributed by atoms with Gasteiger partial charge in [-0.15, -0.1) is 0 Å². The van der Waals surface area contributed by atoms with Crippen LogP contribution >= 0.6 is 0 Å². The van der Waals surface area contributed by atoms with Gasteiger partial charge in [-0.1, -0.05) is 6.58 Å². The minimum Gasteiger partial charge on any atom is -0.493 e. The number of rotatable bonds is 6. The topological polar surface area (TPSA) is 89.0 Å². The maximum atomic E-state index is 13.7. The van der Waals surface area contributed by atoms with Crippen LogP contribution in [0.2, 0.25) is 0 Å². The van der Waals surface area contributed by atoms with Gasteiger partial charge in [0.05, 0.1) is 24.7 Å². The molecular formula is C17H19F2N5O2. The zero-order chi connectivity index (χ0) is 19.5. The predicted molar refractivity (Wildman–Crippen MR) is 94.7 cm³/mol. The van der Waals surface area contributed by atoms with Crippen molar-refractivity contribution in [3.8, 4) is 5.75 Å². The van der Waals surface area contributed by atoms with Crippen molar-refractivity contribution in [2.24, 2.45) is 0 Å². The van der Waals surface area contributed by atoms with E-state index in [1.165, 1.54) is 32.4 Å². The summed E-state index contributed by atoms with van der Waals surface area (Å²) in [5, 5.41) is 5.44. The minimum atomic E-state index is -3.22. The van der Waals surface area contributed by atoms with E-state index in [9.17, 15) is 13.6 Å². The number of hydrogen-bond acceptors (Lipinski definition) is 6. The maximum absolute atomic E-state index is 13.7. The van der Waals surface area contributed by atoms with Crippen molar-refractivity contribution in [2.75, 3.05) is 17.7 Å². The number of aromatic nitrogens is 3. The summed E-state index contributed by atoms with van der Waals surface area (Å²) in [7, 11) is 1.44. The van der Waals surface area contributed by atoms with E-state index in [1.807, 2.05) is 0 Å². The molecule has 1 amide bonds. The average molecular weight is 363 g/mol. The first kappa shape index (κ1) is 19.2. The van der Waals surface area contributed by atoms with Gasteiger partial charge < -0.3 is 15.4 Å². The fourth-order valence-corrected chi connectivity index (χ4v) is 2.02. The Hall–Kier alpha value is -3.10. The molecule has 2 rings (SSSR count). The Bertz CT molecular complexity index is 850. The minimum absolute atomic E-state index is 0.132. The van der Waals surface area contributed by atoms with Crippen LogP contribution in [-0.2, 0) is 10.7 Å². The number of ether oxygens (including phenoxy) is 1. The molecule has 0 fully saturated rings. The molecule has 2 aromatic rings. The molecule has 26 heavy (non-hydrogen) atoms. The third-order valence-corrected chi connectivity index (χ3v) is 3.21. The van der Waals surface area contributed by atoms with Gasteiger partial charge in [0.1, 0.15) is 11.6 Å². The number of amides is 1. The lowest BCUT2D eigenvalue weighted by atomic mass is 10.2. The van der Waals surface area contributed by atoms with Crippen LogP contribution in [0.25, 0.3) is 5.57 Å². The highest BCUT2D eigenvalue weighted by Gasteiger charge is 2.29. The molecule has 0 aromatic carbocycles. The lowest BCUT2D eigenvalue weighted by molar-refractivity contribution is -0.114. The quantitative estimate of drug-likeness (QED) is 0.813. The molecule has 0 aliphatic carbocycles. The molecule has 0 spiro atoms. The van der Waals surface area contributed by atoms with E-state index in [0.717, 1.165) is 6.92 Å². The van der Waals surface area contributed by atoms with E-state index in [4.69, 9.17) is 4.74 Å². The van der Waals surface area contributed by atoms with Gasteiger partial charge in [0.15, 0.2) is 5.75 Å². The van der Waals surface area contributed by atoms with E-state index in [0.29, 0.717) is 17.0 Å². The summed E-state index contributed by atoms with van der Waals surface area (Å²) in [5.74, 6) is -3.39. The molecule has 0 radical (unpaired) electrons. The number of anilines is 3. The lowest BCUT2D eigenvalue weighted by Crippen LogP contribution is -2.15. The normalized spacial score (nSPS) is 11.0. The van der Waals surface area contributed by atoms with E-state index in [-0.39, 0.29) is 23.2 Å². The standard InChI is InChI=1S/C17H19F2N5O2/c1-9(2)11-6-15(24-16(23-11)17(4,18)19)22-12-7-14(21-10(3)25)20-8-13(12)26-5/h6-8H,1H2,2-5H3,(H2,20,21,22,23,24,25). The Kier molecular flexibility index (Phi) is 5.49. The fourth-order valence-electron chi connectivity index (χ4n) is 2.02. The van der Waals surface area contributed by atoms with Crippen molar-refractivity contribution in [1.29, 1.82) is 0 Å². The molecule has 0 saturated heterocycles. The average Bonchev–Trinajstić information content (AvgIpc) is 2.53. The van der Waals surface area contributed by atoms with Gasteiger partial charge in [-0.3, -0.25) is 4.79 Å². The fraction of sp³-hybridized carbons (Fsp3) is 0.294. The number of pyridine rings is 1. The molecule has 0 bridgehead atoms. The van der Waals surface area contributed by atoms with Gasteiger partial charge in [0.25, 0.3) is 0 Å². The third kappa shape index (κ3) is 4.71. The van der Waals surface area contributed by atoms with Crippen molar-refractivity contribution >= 4 is 28.8 Å². The molecule has 0 aliphatic heterocycles. The van der Waals surface area contributed by atoms with Crippen LogP contribution in [0.4, 0.5) is 26.1 Å². The Labute approximate surface area is 149 Å². The van der Waals surface area contributed by atoms with E-state index >= 15 is 0 Å². The molecule has 2 aromatic heterocycles. The number of allylic oxidation sites excluding steroid dienone is 1. The number of alkyl halides is 2. The summed E-state index contributed by atoms with van der Waals surface area (Å²) in [6, 6.07) is 3.00. The van der Waals surface area contributed by atoms with Crippen LogP contribution in [0.15, 0.2) is 24.9 Å². The number of halogens is 2. The number of nitrogens with one attached hydrogen (secondary N) is 2. The van der Waals surface area contributed by atoms with Gasteiger partial charge in [-0.05, 0) is 12.5 Å². The monoisotopic (exact) mass is 363 g/mol. The van der Waals surface area contributed by atoms with Crippen molar-refractivity contribution < 1.29 is 18.3 Å². The summed E-state index contributed by atoms with van der Waals surface area (Å²) < 4.78 is 32.6. The molecule has 9 heteroatoms. The van der Waals surface area contributed by atoms with Crippen LogP contribution < -0.4 is 15.4 Å². The molecule has 0 unspecified atom stereocenters. The lowest BCUT2D eigenvalue weighted by Gasteiger charge is -2.15. The number of hydrogen-bond donors (Lipinski definition) is 2. The van der Waals surface area contributed by atoms with E-state index in [2.05, 4.69) is 32.2 Å². The van der Waals surface area contributed by atoms with Crippen LogP contribution in [0.5, 0.6) is 5.75 Å². The SMILES string of the molecule is C=C(C)c1cc(Nc2cc(NC(C)=O)ncc2OC)nc(C(C)(F)F)n1. The largest absolute Gasteiger partial charge is 0.493 e. The highest BCUT2D eigenvalue weighted by molar-refractivity contribution is 5.88. The molecule has 2 heterocycles. The number of methoxy groups -OCH3 is 1. The zero-order valence-corrected chi connectivity index (χ0v) is 14.9. The molecule has 7 nitrogen and oxygen atoms in total. The van der Waals surface area contributed by atoms with Crippen LogP contribution in [-0.4, -0.2) is 28.0 Å². The first-order valence-electron chi connectivity index (χ1n) is 7.62. The Morgan fingerprint density at radius 1 is 1.23 bits per heavy atom. The van der Waals surface area contributed by atoms with E-state index < -0.39 is 11.7 Å². The second-order valence-electron chi connectivity index (χ2n) is 5.71. The van der Waals surface area contributed by atoms with Gasteiger partial charge in [0.2, 0.25) is 11.7 Å². The van der Waals surface area contributed by atoms with Gasteiger partial charge in [0, 0.05) is 26.0 Å². The summed E-state index contributed by atoms with van der Waals surface area (Å²) in [6.45, 7) is 7.45. The second-order valence-corrected chi connectivity index (χ2v) is 5.71. The molecular weight excluding hydrogens is 344 g/mol. The Balaban J connectivity index is 2.48. The van der Waals surface area contributed by atoms with Crippen LogP contribution in [0.3, 0.4) is 0 Å². The first-order chi connectivity index (χ1) is 12.1. The van der Waals surface area contributed by atoms with Crippen molar-refractivity contribution in [2.45, 2.75) is 26.7 Å². The molecule has 138 valence electrons. The zero-order valence-electron chi connectivity index (χ0n) is 14.9. The molecule has 2 N–H and O–H groups in total. The van der Waals surface area contributed by atoms with Gasteiger partial charge >= 0.3 is 5.92 Å². The van der Waals surface area contributed by atoms with Crippen molar-refractivity contribution in [3.63, 3.8) is 0 Å². The molecule has 0 saturated carbocycles. The first-order valence-corrected chi connectivity index (χ1v) is 7.62. The van der Waals surface area contributed by atoms with Gasteiger partial charge in [-0.2, -0.15) is 8.78 Å². The van der Waals surface area contributed by atoms with Crippen molar-refractivity contribution in [1.82, 2.24) is 15.0 Å². The predicted octanol–water partition coefficient (Wildman–Crippen LogP) is 3.73. The van der Waals surface area contributed by atoms with Crippen LogP contribution in [0, 0.1) is 0 Å². The summed E-state index contributed by atoms with van der Waals surface area (Å²) >= 11 is 0.